The predicted octanol–water partition coefficient (Wildman–Crippen LogP) is 5.41. The molecule has 0 unspecified atom stereocenters. The van der Waals surface area contributed by atoms with E-state index in [4.69, 9.17) is 11.6 Å². The fourth-order valence-electron chi connectivity index (χ4n) is 2.14. The number of benzene rings is 2. The van der Waals surface area contributed by atoms with Gasteiger partial charge in [0.2, 0.25) is 0 Å². The van der Waals surface area contributed by atoms with Crippen LogP contribution in [0.2, 0.25) is 5.02 Å². The average molecular weight is 358 g/mol. The van der Waals surface area contributed by atoms with Crippen LogP contribution in [0.15, 0.2) is 48.5 Å². The molecule has 24 heavy (non-hydrogen) atoms. The van der Waals surface area contributed by atoms with Crippen molar-refractivity contribution in [3.05, 3.63) is 69.7 Å². The summed E-state index contributed by atoms with van der Waals surface area (Å²) in [4.78, 5) is 17.4. The lowest BCUT2D eigenvalue weighted by atomic mass is 10.2. The molecule has 0 aliphatic heterocycles. The van der Waals surface area contributed by atoms with Crippen molar-refractivity contribution in [3.8, 4) is 0 Å². The molecule has 1 amide bonds. The van der Waals surface area contributed by atoms with Crippen LogP contribution in [0.5, 0.6) is 0 Å². The van der Waals surface area contributed by atoms with Gasteiger partial charge in [-0.15, -0.1) is 0 Å². The highest BCUT2D eigenvalue weighted by Crippen LogP contribution is 2.27. The standard InChI is InChI=1S/C18H16ClN3OS/c1-11-3-7-15(8-4-11)22-18-20-12(2)16(24-18)17(23)21-14-9-5-13(19)6-10-14/h3-10H,1-2H3,(H,20,22)(H,21,23). The summed E-state index contributed by atoms with van der Waals surface area (Å²) in [7, 11) is 0. The molecular weight excluding hydrogens is 342 g/mol. The number of aryl methyl sites for hydroxylation is 2. The predicted molar refractivity (Wildman–Crippen MR) is 101 cm³/mol. The maximum Gasteiger partial charge on any atom is 0.267 e. The summed E-state index contributed by atoms with van der Waals surface area (Å²) < 4.78 is 0. The Hall–Kier alpha value is -2.37. The Morgan fingerprint density at radius 1 is 1.00 bits per heavy atom. The third-order valence-electron chi connectivity index (χ3n) is 3.41. The molecule has 0 saturated heterocycles. The van der Waals surface area contributed by atoms with E-state index in [-0.39, 0.29) is 5.91 Å². The molecule has 0 atom stereocenters. The molecule has 0 saturated carbocycles. The molecular formula is C18H16ClN3OS. The Labute approximate surface area is 149 Å². The summed E-state index contributed by atoms with van der Waals surface area (Å²) in [6, 6.07) is 15.0. The van der Waals surface area contributed by atoms with Crippen molar-refractivity contribution in [1.29, 1.82) is 0 Å². The smallest absolute Gasteiger partial charge is 0.267 e. The molecule has 4 nitrogen and oxygen atoms in total. The van der Waals surface area contributed by atoms with E-state index < -0.39 is 0 Å². The maximum atomic E-state index is 12.4. The molecule has 0 spiro atoms. The Kier molecular flexibility index (Phi) is 4.83. The number of rotatable bonds is 4. The summed E-state index contributed by atoms with van der Waals surface area (Å²) in [6.45, 7) is 3.87. The van der Waals surface area contributed by atoms with E-state index in [0.717, 1.165) is 5.69 Å². The van der Waals surface area contributed by atoms with Gasteiger partial charge in [0, 0.05) is 16.4 Å². The number of thiazole rings is 1. The van der Waals surface area contributed by atoms with Gasteiger partial charge in [0.05, 0.1) is 5.69 Å². The zero-order valence-corrected chi connectivity index (χ0v) is 14.8. The van der Waals surface area contributed by atoms with Crippen molar-refractivity contribution in [3.63, 3.8) is 0 Å². The van der Waals surface area contributed by atoms with Gasteiger partial charge >= 0.3 is 0 Å². The van der Waals surface area contributed by atoms with E-state index in [2.05, 4.69) is 15.6 Å². The lowest BCUT2D eigenvalue weighted by molar-refractivity contribution is 0.103. The normalized spacial score (nSPS) is 10.5. The number of aromatic nitrogens is 1. The van der Waals surface area contributed by atoms with E-state index >= 15 is 0 Å². The van der Waals surface area contributed by atoms with Crippen molar-refractivity contribution in [2.45, 2.75) is 13.8 Å². The van der Waals surface area contributed by atoms with Gasteiger partial charge in [-0.25, -0.2) is 4.98 Å². The van der Waals surface area contributed by atoms with Crippen molar-refractivity contribution >= 4 is 45.4 Å². The van der Waals surface area contributed by atoms with E-state index in [1.54, 1.807) is 24.3 Å². The fraction of sp³-hybridized carbons (Fsp3) is 0.111. The maximum absolute atomic E-state index is 12.4. The van der Waals surface area contributed by atoms with Gasteiger partial charge in [0.1, 0.15) is 4.88 Å². The molecule has 2 aromatic carbocycles. The second kappa shape index (κ2) is 7.03. The van der Waals surface area contributed by atoms with Crippen LogP contribution in [-0.2, 0) is 0 Å². The highest BCUT2D eigenvalue weighted by atomic mass is 35.5. The highest BCUT2D eigenvalue weighted by molar-refractivity contribution is 7.17. The lowest BCUT2D eigenvalue weighted by Gasteiger charge is -2.04. The number of halogens is 1. The number of amides is 1. The molecule has 0 fully saturated rings. The molecule has 3 aromatic rings. The summed E-state index contributed by atoms with van der Waals surface area (Å²) in [5, 5.41) is 7.41. The number of hydrogen-bond donors (Lipinski definition) is 2. The minimum Gasteiger partial charge on any atom is -0.332 e. The van der Waals surface area contributed by atoms with Crippen molar-refractivity contribution in [2.75, 3.05) is 10.6 Å². The molecule has 6 heteroatoms. The van der Waals surface area contributed by atoms with Crippen LogP contribution in [0.3, 0.4) is 0 Å². The van der Waals surface area contributed by atoms with Gasteiger partial charge in [-0.3, -0.25) is 4.79 Å². The van der Waals surface area contributed by atoms with Crippen LogP contribution in [-0.4, -0.2) is 10.9 Å². The molecule has 2 N–H and O–H groups in total. The van der Waals surface area contributed by atoms with Crippen LogP contribution >= 0.6 is 22.9 Å². The molecule has 0 aliphatic carbocycles. The third-order valence-corrected chi connectivity index (χ3v) is 4.73. The number of carbonyl (C=O) groups excluding carboxylic acids is 1. The minimum absolute atomic E-state index is 0.177. The van der Waals surface area contributed by atoms with Crippen LogP contribution < -0.4 is 10.6 Å². The largest absolute Gasteiger partial charge is 0.332 e. The first-order valence-corrected chi connectivity index (χ1v) is 8.59. The first-order chi connectivity index (χ1) is 11.5. The monoisotopic (exact) mass is 357 g/mol. The van der Waals surface area contributed by atoms with Crippen LogP contribution in [0.4, 0.5) is 16.5 Å². The molecule has 0 bridgehead atoms. The van der Waals surface area contributed by atoms with Crippen LogP contribution in [0.25, 0.3) is 0 Å². The molecule has 0 aliphatic rings. The minimum atomic E-state index is -0.177. The first-order valence-electron chi connectivity index (χ1n) is 7.39. The van der Waals surface area contributed by atoms with Gasteiger partial charge in [0.15, 0.2) is 5.13 Å². The van der Waals surface area contributed by atoms with Crippen molar-refractivity contribution < 1.29 is 4.79 Å². The highest BCUT2D eigenvalue weighted by Gasteiger charge is 2.15. The molecule has 3 rings (SSSR count). The number of nitrogens with zero attached hydrogens (tertiary/aromatic N) is 1. The second-order valence-corrected chi connectivity index (χ2v) is 6.82. The van der Waals surface area contributed by atoms with E-state index in [1.807, 2.05) is 38.1 Å². The van der Waals surface area contributed by atoms with E-state index in [9.17, 15) is 4.79 Å². The molecule has 1 heterocycles. The zero-order valence-electron chi connectivity index (χ0n) is 13.3. The van der Waals surface area contributed by atoms with Gasteiger partial charge in [-0.1, -0.05) is 40.6 Å². The quantitative estimate of drug-likeness (QED) is 0.656. The first kappa shape index (κ1) is 16.5. The Morgan fingerprint density at radius 2 is 1.62 bits per heavy atom. The van der Waals surface area contributed by atoms with Crippen molar-refractivity contribution in [2.24, 2.45) is 0 Å². The lowest BCUT2D eigenvalue weighted by Crippen LogP contribution is -2.11. The molecule has 122 valence electrons. The summed E-state index contributed by atoms with van der Waals surface area (Å²) >= 11 is 7.18. The van der Waals surface area contributed by atoms with Gasteiger partial charge in [-0.2, -0.15) is 0 Å². The van der Waals surface area contributed by atoms with Gasteiger partial charge in [0.25, 0.3) is 5.91 Å². The third kappa shape index (κ3) is 3.93. The summed E-state index contributed by atoms with van der Waals surface area (Å²) in [6.07, 6.45) is 0. The number of anilines is 3. The van der Waals surface area contributed by atoms with Crippen LogP contribution in [0.1, 0.15) is 20.9 Å². The topological polar surface area (TPSA) is 54.0 Å². The van der Waals surface area contributed by atoms with E-state index in [0.29, 0.717) is 26.4 Å². The number of nitrogens with one attached hydrogen (secondary N) is 2. The van der Waals surface area contributed by atoms with Crippen LogP contribution in [0, 0.1) is 13.8 Å². The second-order valence-electron chi connectivity index (χ2n) is 5.39. The SMILES string of the molecule is Cc1ccc(Nc2nc(C)c(C(=O)Nc3ccc(Cl)cc3)s2)cc1. The Morgan fingerprint density at radius 3 is 2.29 bits per heavy atom. The van der Waals surface area contributed by atoms with Crippen molar-refractivity contribution in [1.82, 2.24) is 4.98 Å². The van der Waals surface area contributed by atoms with E-state index in [1.165, 1.54) is 16.9 Å². The number of carbonyl (C=O) groups is 1. The summed E-state index contributed by atoms with van der Waals surface area (Å²) in [5.41, 5.74) is 3.53. The Bertz CT molecular complexity index is 857. The van der Waals surface area contributed by atoms with Gasteiger partial charge < -0.3 is 10.6 Å². The fourth-order valence-corrected chi connectivity index (χ4v) is 3.15. The summed E-state index contributed by atoms with van der Waals surface area (Å²) in [5.74, 6) is -0.177. The molecule has 0 radical (unpaired) electrons. The molecule has 1 aromatic heterocycles. The Balaban J connectivity index is 1.74. The number of hydrogen-bond acceptors (Lipinski definition) is 4. The average Bonchev–Trinajstić information content (AvgIpc) is 2.92. The van der Waals surface area contributed by atoms with Gasteiger partial charge in [-0.05, 0) is 50.2 Å². The zero-order chi connectivity index (χ0) is 17.1.